The minimum atomic E-state index is -0.201. The molecule has 0 aromatic heterocycles. The van der Waals surface area contributed by atoms with Crippen molar-refractivity contribution in [1.82, 2.24) is 0 Å². The summed E-state index contributed by atoms with van der Waals surface area (Å²) in [5, 5.41) is 0. The van der Waals surface area contributed by atoms with Crippen molar-refractivity contribution in [2.24, 2.45) is 5.41 Å². The summed E-state index contributed by atoms with van der Waals surface area (Å²) < 4.78 is 11.2. The van der Waals surface area contributed by atoms with Crippen LogP contribution in [0.2, 0.25) is 0 Å². The Labute approximate surface area is 154 Å². The van der Waals surface area contributed by atoms with Crippen molar-refractivity contribution < 1.29 is 9.47 Å². The molecule has 1 aliphatic heterocycles. The second kappa shape index (κ2) is 8.82. The summed E-state index contributed by atoms with van der Waals surface area (Å²) >= 11 is 0. The van der Waals surface area contributed by atoms with E-state index in [9.17, 15) is 0 Å². The van der Waals surface area contributed by atoms with Gasteiger partial charge in [-0.3, -0.25) is 0 Å². The van der Waals surface area contributed by atoms with Gasteiger partial charge in [0.2, 0.25) is 0 Å². The number of hydrogen-bond donors (Lipinski definition) is 0. The maximum absolute atomic E-state index is 5.63. The summed E-state index contributed by atoms with van der Waals surface area (Å²) in [6, 6.07) is 0. The molecule has 1 aliphatic carbocycles. The molecule has 0 bridgehead atoms. The molecular weight excluding hydrogens is 308 g/mol. The Kier molecular flexibility index (Phi) is 7.04. The first-order chi connectivity index (χ1) is 11.8. The molecule has 2 atom stereocenters. The minimum Gasteiger partial charge on any atom is -0.346 e. The van der Waals surface area contributed by atoms with Gasteiger partial charge in [0.1, 0.15) is 0 Å². The molecule has 1 saturated heterocycles. The van der Waals surface area contributed by atoms with Crippen LogP contribution in [0.15, 0.2) is 58.7 Å². The van der Waals surface area contributed by atoms with Crippen molar-refractivity contribution in [1.29, 1.82) is 0 Å². The van der Waals surface area contributed by atoms with Gasteiger partial charge in [-0.15, -0.1) is 0 Å². The van der Waals surface area contributed by atoms with Crippen LogP contribution in [-0.2, 0) is 9.47 Å². The highest BCUT2D eigenvalue weighted by Gasteiger charge is 2.26. The lowest BCUT2D eigenvalue weighted by Crippen LogP contribution is -2.19. The van der Waals surface area contributed by atoms with E-state index in [1.54, 1.807) is 5.57 Å². The number of ether oxygens (including phenoxy) is 2. The summed E-state index contributed by atoms with van der Waals surface area (Å²) in [6.45, 7) is 13.9. The zero-order chi connectivity index (χ0) is 18.4. The van der Waals surface area contributed by atoms with Crippen LogP contribution in [0.3, 0.4) is 0 Å². The van der Waals surface area contributed by atoms with Crippen LogP contribution in [0, 0.1) is 5.41 Å². The Bertz CT molecular complexity index is 614. The van der Waals surface area contributed by atoms with E-state index in [4.69, 9.17) is 9.47 Å². The monoisotopic (exact) mass is 342 g/mol. The predicted octanol–water partition coefficient (Wildman–Crippen LogP) is 6.28. The van der Waals surface area contributed by atoms with Gasteiger partial charge in [-0.05, 0) is 64.0 Å². The van der Waals surface area contributed by atoms with Gasteiger partial charge >= 0.3 is 0 Å². The summed E-state index contributed by atoms with van der Waals surface area (Å²) in [7, 11) is 0. The highest BCUT2D eigenvalue weighted by molar-refractivity contribution is 5.37. The smallest absolute Gasteiger partial charge is 0.177 e. The summed E-state index contributed by atoms with van der Waals surface area (Å²) in [5.41, 5.74) is 5.76. The summed E-state index contributed by atoms with van der Waals surface area (Å²) in [4.78, 5) is 0. The molecule has 0 aromatic carbocycles. The van der Waals surface area contributed by atoms with Gasteiger partial charge in [-0.25, -0.2) is 0 Å². The molecule has 1 heterocycles. The zero-order valence-electron chi connectivity index (χ0n) is 16.8. The van der Waals surface area contributed by atoms with Crippen LogP contribution in [0.25, 0.3) is 0 Å². The molecule has 2 aliphatic rings. The largest absolute Gasteiger partial charge is 0.346 e. The van der Waals surface area contributed by atoms with E-state index in [1.165, 1.54) is 30.4 Å². The van der Waals surface area contributed by atoms with Gasteiger partial charge in [0, 0.05) is 0 Å². The van der Waals surface area contributed by atoms with E-state index in [1.807, 2.05) is 13.0 Å². The quantitative estimate of drug-likeness (QED) is 0.547. The maximum atomic E-state index is 5.63. The number of rotatable bonds is 5. The zero-order valence-corrected chi connectivity index (χ0v) is 16.8. The molecular formula is C23H34O2. The predicted molar refractivity (Wildman–Crippen MR) is 106 cm³/mol. The molecule has 1 fully saturated rings. The lowest BCUT2D eigenvalue weighted by molar-refractivity contribution is -0.0165. The molecule has 0 amide bonds. The first-order valence-electron chi connectivity index (χ1n) is 9.47. The first kappa shape index (κ1) is 19.9. The van der Waals surface area contributed by atoms with Crippen LogP contribution in [0.4, 0.5) is 0 Å². The fourth-order valence-electron chi connectivity index (χ4n) is 3.53. The van der Waals surface area contributed by atoms with Crippen LogP contribution in [0.5, 0.6) is 0 Å². The van der Waals surface area contributed by atoms with Crippen molar-refractivity contribution in [3.05, 3.63) is 58.7 Å². The normalized spacial score (nSPS) is 28.6. The number of hydrogen-bond acceptors (Lipinski definition) is 2. The second-order valence-corrected chi connectivity index (χ2v) is 8.09. The number of allylic oxidation sites excluding steroid dienone is 9. The Morgan fingerprint density at radius 3 is 2.56 bits per heavy atom. The maximum Gasteiger partial charge on any atom is 0.177 e. The minimum absolute atomic E-state index is 0.187. The molecule has 0 radical (unpaired) electrons. The Morgan fingerprint density at radius 2 is 1.92 bits per heavy atom. The molecule has 2 heteroatoms. The summed E-state index contributed by atoms with van der Waals surface area (Å²) in [5.74, 6) is 0. The summed E-state index contributed by atoms with van der Waals surface area (Å²) in [6.07, 6.45) is 16.7. The highest BCUT2D eigenvalue weighted by Crippen LogP contribution is 2.40. The van der Waals surface area contributed by atoms with Crippen molar-refractivity contribution in [2.75, 3.05) is 6.61 Å². The molecule has 2 unspecified atom stereocenters. The van der Waals surface area contributed by atoms with E-state index in [-0.39, 0.29) is 12.4 Å². The second-order valence-electron chi connectivity index (χ2n) is 8.09. The Hall–Kier alpha value is -1.38. The highest BCUT2D eigenvalue weighted by atomic mass is 16.7. The van der Waals surface area contributed by atoms with Gasteiger partial charge in [0.25, 0.3) is 0 Å². The molecule has 2 nitrogen and oxygen atoms in total. The lowest BCUT2D eigenvalue weighted by Gasteiger charge is -2.32. The van der Waals surface area contributed by atoms with Crippen molar-refractivity contribution >= 4 is 0 Å². The van der Waals surface area contributed by atoms with Crippen LogP contribution in [-0.4, -0.2) is 19.0 Å². The van der Waals surface area contributed by atoms with Crippen molar-refractivity contribution in [3.8, 4) is 0 Å². The Balaban J connectivity index is 1.96. The van der Waals surface area contributed by atoms with Crippen molar-refractivity contribution in [2.45, 2.75) is 73.2 Å². The van der Waals surface area contributed by atoms with Crippen LogP contribution >= 0.6 is 0 Å². The topological polar surface area (TPSA) is 18.5 Å². The third kappa shape index (κ3) is 6.13. The first-order valence-corrected chi connectivity index (χ1v) is 9.47. The molecule has 25 heavy (non-hydrogen) atoms. The molecule has 0 spiro atoms. The van der Waals surface area contributed by atoms with E-state index in [0.717, 1.165) is 5.57 Å². The van der Waals surface area contributed by atoms with E-state index in [2.05, 4.69) is 65.0 Å². The van der Waals surface area contributed by atoms with Crippen LogP contribution < -0.4 is 0 Å². The molecule has 0 aromatic rings. The van der Waals surface area contributed by atoms with E-state index in [0.29, 0.717) is 12.0 Å². The van der Waals surface area contributed by atoms with Gasteiger partial charge in [-0.1, -0.05) is 60.9 Å². The van der Waals surface area contributed by atoms with Gasteiger partial charge in [0.15, 0.2) is 6.29 Å². The molecule has 2 rings (SSSR count). The fourth-order valence-corrected chi connectivity index (χ4v) is 3.53. The standard InChI is InChI=1S/C23H34O2/c1-17(12-13-21-19(3)11-8-14-23(21,5)6)9-7-10-18(2)15-22-24-16-20(4)25-22/h7,9-10,12-13,15,20,22H,8,11,14,16H2,1-6H3. The van der Waals surface area contributed by atoms with Gasteiger partial charge in [0.05, 0.1) is 12.7 Å². The molecule has 138 valence electrons. The lowest BCUT2D eigenvalue weighted by atomic mass is 9.72. The third-order valence-electron chi connectivity index (χ3n) is 5.03. The van der Waals surface area contributed by atoms with E-state index < -0.39 is 0 Å². The SMILES string of the molecule is CC(C=CC1=C(C)CCCC1(C)C)=CC=CC(C)=CC1OCC(C)O1. The van der Waals surface area contributed by atoms with Gasteiger partial charge in [-0.2, -0.15) is 0 Å². The van der Waals surface area contributed by atoms with Crippen LogP contribution in [0.1, 0.15) is 60.8 Å². The third-order valence-corrected chi connectivity index (χ3v) is 5.03. The molecule has 0 saturated carbocycles. The van der Waals surface area contributed by atoms with Gasteiger partial charge < -0.3 is 9.47 Å². The Morgan fingerprint density at radius 1 is 1.16 bits per heavy atom. The van der Waals surface area contributed by atoms with Crippen molar-refractivity contribution in [3.63, 3.8) is 0 Å². The van der Waals surface area contributed by atoms with E-state index >= 15 is 0 Å². The molecule has 0 N–H and O–H groups in total. The fraction of sp³-hybridized carbons (Fsp3) is 0.565. The average Bonchev–Trinajstić information content (AvgIpc) is 2.91. The average molecular weight is 343 g/mol.